The van der Waals surface area contributed by atoms with E-state index in [2.05, 4.69) is 0 Å². The number of hydrogen-bond donors (Lipinski definition) is 0. The Kier molecular flexibility index (Phi) is 4.07. The molecule has 0 bridgehead atoms. The average Bonchev–Trinajstić information content (AvgIpc) is 2.57. The van der Waals surface area contributed by atoms with Crippen molar-refractivity contribution in [2.24, 2.45) is 0 Å². The van der Waals surface area contributed by atoms with Crippen molar-refractivity contribution < 1.29 is 8.42 Å². The summed E-state index contributed by atoms with van der Waals surface area (Å²) < 4.78 is 24.7. The Bertz CT molecular complexity index is 837. The maximum absolute atomic E-state index is 12.4. The zero-order valence-corrected chi connectivity index (χ0v) is 12.8. The summed E-state index contributed by atoms with van der Waals surface area (Å²) in [5, 5.41) is 0. The standard InChI is InChI=1S/C19H16O2S/c20-22(21,19-9-5-2-6-10-19)15-16-11-13-18(14-12-16)17-7-3-1-4-8-17/h1-14H,15H2. The third-order valence-corrected chi connectivity index (χ3v) is 5.22. The normalized spacial score (nSPS) is 11.3. The van der Waals surface area contributed by atoms with E-state index in [1.807, 2.05) is 60.7 Å². The predicted octanol–water partition coefficient (Wildman–Crippen LogP) is 4.33. The Morgan fingerprint density at radius 2 is 1.09 bits per heavy atom. The quantitative estimate of drug-likeness (QED) is 0.719. The SMILES string of the molecule is O=S(=O)(Cc1ccc(-c2ccccc2)cc1)c1ccccc1. The third kappa shape index (κ3) is 3.26. The molecule has 0 unspecified atom stereocenters. The third-order valence-electron chi connectivity index (χ3n) is 3.52. The first-order valence-electron chi connectivity index (χ1n) is 7.07. The summed E-state index contributed by atoms with van der Waals surface area (Å²) in [6.07, 6.45) is 0. The van der Waals surface area contributed by atoms with E-state index in [0.29, 0.717) is 4.90 Å². The van der Waals surface area contributed by atoms with Gasteiger partial charge in [-0.25, -0.2) is 8.42 Å². The van der Waals surface area contributed by atoms with Gasteiger partial charge < -0.3 is 0 Å². The van der Waals surface area contributed by atoms with Gasteiger partial charge in [-0.2, -0.15) is 0 Å². The molecule has 3 aromatic rings. The van der Waals surface area contributed by atoms with E-state index in [1.165, 1.54) is 0 Å². The van der Waals surface area contributed by atoms with Crippen molar-refractivity contribution >= 4 is 9.84 Å². The highest BCUT2D eigenvalue weighted by Crippen LogP contribution is 2.21. The zero-order valence-electron chi connectivity index (χ0n) is 12.0. The molecule has 0 radical (unpaired) electrons. The maximum Gasteiger partial charge on any atom is 0.182 e. The largest absolute Gasteiger partial charge is 0.223 e. The lowest BCUT2D eigenvalue weighted by Gasteiger charge is -2.06. The highest BCUT2D eigenvalue weighted by molar-refractivity contribution is 7.90. The van der Waals surface area contributed by atoms with Crippen LogP contribution in [0.3, 0.4) is 0 Å². The van der Waals surface area contributed by atoms with Gasteiger partial charge in [-0.15, -0.1) is 0 Å². The Morgan fingerprint density at radius 1 is 0.591 bits per heavy atom. The van der Waals surface area contributed by atoms with Gasteiger partial charge in [-0.05, 0) is 28.8 Å². The summed E-state index contributed by atoms with van der Waals surface area (Å²) in [6, 6.07) is 26.3. The van der Waals surface area contributed by atoms with E-state index < -0.39 is 9.84 Å². The van der Waals surface area contributed by atoms with Crippen LogP contribution in [0.4, 0.5) is 0 Å². The fraction of sp³-hybridized carbons (Fsp3) is 0.0526. The van der Waals surface area contributed by atoms with Gasteiger partial charge in [0, 0.05) is 0 Å². The Hall–Kier alpha value is -2.39. The van der Waals surface area contributed by atoms with Crippen molar-refractivity contribution in [3.63, 3.8) is 0 Å². The Labute approximate surface area is 131 Å². The van der Waals surface area contributed by atoms with Crippen LogP contribution in [0.1, 0.15) is 5.56 Å². The van der Waals surface area contributed by atoms with Crippen molar-refractivity contribution in [1.82, 2.24) is 0 Å². The summed E-state index contributed by atoms with van der Waals surface area (Å²) in [5.41, 5.74) is 3.00. The molecule has 110 valence electrons. The van der Waals surface area contributed by atoms with Crippen LogP contribution >= 0.6 is 0 Å². The van der Waals surface area contributed by atoms with Gasteiger partial charge in [0.1, 0.15) is 0 Å². The van der Waals surface area contributed by atoms with Gasteiger partial charge in [0.25, 0.3) is 0 Å². The van der Waals surface area contributed by atoms with Crippen molar-refractivity contribution in [3.05, 3.63) is 90.5 Å². The molecule has 0 heterocycles. The highest BCUT2D eigenvalue weighted by Gasteiger charge is 2.14. The smallest absolute Gasteiger partial charge is 0.182 e. The van der Waals surface area contributed by atoms with Gasteiger partial charge in [-0.3, -0.25) is 0 Å². The molecule has 2 nitrogen and oxygen atoms in total. The molecule has 0 aliphatic heterocycles. The summed E-state index contributed by atoms with van der Waals surface area (Å²) in [7, 11) is -3.29. The minimum atomic E-state index is -3.29. The monoisotopic (exact) mass is 308 g/mol. The first-order chi connectivity index (χ1) is 10.6. The van der Waals surface area contributed by atoms with E-state index in [4.69, 9.17) is 0 Å². The predicted molar refractivity (Wildman–Crippen MR) is 89.2 cm³/mol. The first-order valence-corrected chi connectivity index (χ1v) is 8.72. The van der Waals surface area contributed by atoms with Gasteiger partial charge in [-0.1, -0.05) is 72.8 Å². The first kappa shape index (κ1) is 14.5. The summed E-state index contributed by atoms with van der Waals surface area (Å²) in [4.78, 5) is 0.363. The van der Waals surface area contributed by atoms with Crippen molar-refractivity contribution in [3.8, 4) is 11.1 Å². The molecular weight excluding hydrogens is 292 g/mol. The maximum atomic E-state index is 12.4. The van der Waals surface area contributed by atoms with Crippen LogP contribution in [0.5, 0.6) is 0 Å². The van der Waals surface area contributed by atoms with E-state index in [-0.39, 0.29) is 5.75 Å². The highest BCUT2D eigenvalue weighted by atomic mass is 32.2. The molecule has 0 amide bonds. The van der Waals surface area contributed by atoms with Gasteiger partial charge in [0.2, 0.25) is 0 Å². The topological polar surface area (TPSA) is 34.1 Å². The molecule has 3 aromatic carbocycles. The summed E-state index contributed by atoms with van der Waals surface area (Å²) in [5.74, 6) is 0.0199. The van der Waals surface area contributed by atoms with Crippen molar-refractivity contribution in [2.75, 3.05) is 0 Å². The van der Waals surface area contributed by atoms with Crippen molar-refractivity contribution in [2.45, 2.75) is 10.6 Å². The van der Waals surface area contributed by atoms with Crippen molar-refractivity contribution in [1.29, 1.82) is 0 Å². The number of rotatable bonds is 4. The Morgan fingerprint density at radius 3 is 1.68 bits per heavy atom. The number of hydrogen-bond acceptors (Lipinski definition) is 2. The van der Waals surface area contributed by atoms with E-state index in [9.17, 15) is 8.42 Å². The second-order valence-corrected chi connectivity index (χ2v) is 7.12. The molecule has 0 saturated carbocycles. The fourth-order valence-electron chi connectivity index (χ4n) is 2.35. The molecule has 22 heavy (non-hydrogen) atoms. The minimum absolute atomic E-state index is 0.0199. The molecule has 0 fully saturated rings. The molecule has 3 heteroatoms. The van der Waals surface area contributed by atoms with E-state index >= 15 is 0 Å². The van der Waals surface area contributed by atoms with Gasteiger partial charge in [0.15, 0.2) is 9.84 Å². The van der Waals surface area contributed by atoms with E-state index in [0.717, 1.165) is 16.7 Å². The van der Waals surface area contributed by atoms with Crippen LogP contribution in [0.25, 0.3) is 11.1 Å². The molecule has 3 rings (SSSR count). The minimum Gasteiger partial charge on any atom is -0.223 e. The lowest BCUT2D eigenvalue weighted by Crippen LogP contribution is -2.04. The van der Waals surface area contributed by atoms with Gasteiger partial charge in [0.05, 0.1) is 10.6 Å². The summed E-state index contributed by atoms with van der Waals surface area (Å²) >= 11 is 0. The second kappa shape index (κ2) is 6.16. The fourth-order valence-corrected chi connectivity index (χ4v) is 3.72. The molecule has 0 spiro atoms. The number of benzene rings is 3. The lowest BCUT2D eigenvalue weighted by molar-refractivity contribution is 0.595. The zero-order chi connectivity index (χ0) is 15.4. The van der Waals surface area contributed by atoms with Crippen LogP contribution < -0.4 is 0 Å². The molecular formula is C19H16O2S. The molecule has 0 atom stereocenters. The van der Waals surface area contributed by atoms with Crippen LogP contribution in [0, 0.1) is 0 Å². The van der Waals surface area contributed by atoms with Gasteiger partial charge >= 0.3 is 0 Å². The summed E-state index contributed by atoms with van der Waals surface area (Å²) in [6.45, 7) is 0. The van der Waals surface area contributed by atoms with Crippen LogP contribution in [0.15, 0.2) is 89.8 Å². The average molecular weight is 308 g/mol. The molecule has 0 aromatic heterocycles. The van der Waals surface area contributed by atoms with Crippen LogP contribution in [-0.4, -0.2) is 8.42 Å². The lowest BCUT2D eigenvalue weighted by atomic mass is 10.0. The number of sulfone groups is 1. The Balaban J connectivity index is 1.83. The van der Waals surface area contributed by atoms with Crippen LogP contribution in [0.2, 0.25) is 0 Å². The molecule has 0 aliphatic carbocycles. The molecule has 0 saturated heterocycles. The second-order valence-electron chi connectivity index (χ2n) is 5.14. The molecule has 0 aliphatic rings. The molecule has 0 N–H and O–H groups in total. The van der Waals surface area contributed by atoms with Crippen LogP contribution in [-0.2, 0) is 15.6 Å². The van der Waals surface area contributed by atoms with E-state index in [1.54, 1.807) is 24.3 Å².